The second-order valence-corrected chi connectivity index (χ2v) is 5.71. The lowest BCUT2D eigenvalue weighted by molar-refractivity contribution is -0.133. The van der Waals surface area contributed by atoms with Crippen LogP contribution in [0.3, 0.4) is 0 Å². The molecule has 7 heteroatoms. The third kappa shape index (κ3) is 4.20. The van der Waals surface area contributed by atoms with Gasteiger partial charge in [-0.2, -0.15) is 0 Å². The highest BCUT2D eigenvalue weighted by Crippen LogP contribution is 2.23. The molecular formula is C17H19N3O4. The second kappa shape index (κ2) is 7.27. The fraction of sp³-hybridized carbons (Fsp3) is 0.353. The van der Waals surface area contributed by atoms with Gasteiger partial charge in [0.1, 0.15) is 18.0 Å². The van der Waals surface area contributed by atoms with Crippen molar-refractivity contribution in [1.29, 1.82) is 0 Å². The summed E-state index contributed by atoms with van der Waals surface area (Å²) in [6, 6.07) is 11.1. The molecule has 1 aromatic heterocycles. The minimum atomic E-state index is -1.05. The van der Waals surface area contributed by atoms with E-state index in [0.717, 1.165) is 0 Å². The van der Waals surface area contributed by atoms with Gasteiger partial charge < -0.3 is 19.5 Å². The first-order valence-corrected chi connectivity index (χ1v) is 7.72. The van der Waals surface area contributed by atoms with E-state index in [0.29, 0.717) is 18.7 Å². The fourth-order valence-corrected chi connectivity index (χ4v) is 2.50. The van der Waals surface area contributed by atoms with Gasteiger partial charge in [0.2, 0.25) is 0 Å². The average Bonchev–Trinajstić information content (AvgIpc) is 3.03. The Labute approximate surface area is 139 Å². The van der Waals surface area contributed by atoms with E-state index >= 15 is 0 Å². The molecule has 0 bridgehead atoms. The van der Waals surface area contributed by atoms with Crippen molar-refractivity contribution in [2.45, 2.75) is 12.0 Å². The summed E-state index contributed by atoms with van der Waals surface area (Å²) in [7, 11) is 0. The zero-order chi connectivity index (χ0) is 16.8. The van der Waals surface area contributed by atoms with E-state index in [1.54, 1.807) is 23.4 Å². The quantitative estimate of drug-likeness (QED) is 0.847. The van der Waals surface area contributed by atoms with Crippen LogP contribution in [0, 0.1) is 0 Å². The topological polar surface area (TPSA) is 84.8 Å². The maximum Gasteiger partial charge on any atom is 0.316 e. The number of nitrogens with zero attached hydrogens (tertiary/aromatic N) is 3. The Balaban J connectivity index is 1.47. The molecule has 24 heavy (non-hydrogen) atoms. The van der Waals surface area contributed by atoms with Crippen LogP contribution in [0.2, 0.25) is 0 Å². The van der Waals surface area contributed by atoms with Crippen molar-refractivity contribution in [2.24, 2.45) is 0 Å². The lowest BCUT2D eigenvalue weighted by atomic mass is 10.1. The van der Waals surface area contributed by atoms with Gasteiger partial charge in [0, 0.05) is 18.9 Å². The van der Waals surface area contributed by atoms with Crippen molar-refractivity contribution in [3.05, 3.63) is 48.8 Å². The third-order valence-corrected chi connectivity index (χ3v) is 3.80. The van der Waals surface area contributed by atoms with Gasteiger partial charge >= 0.3 is 6.01 Å². The number of benzene rings is 1. The molecule has 2 aromatic rings. The maximum atomic E-state index is 12.2. The van der Waals surface area contributed by atoms with Crippen LogP contribution < -0.4 is 9.47 Å². The Morgan fingerprint density at radius 1 is 1.17 bits per heavy atom. The number of likely N-dealkylation sites (tertiary alicyclic amines) is 1. The normalized spacial score (nSPS) is 20.0. The van der Waals surface area contributed by atoms with Crippen LogP contribution in [0.4, 0.5) is 0 Å². The van der Waals surface area contributed by atoms with Gasteiger partial charge in [0.05, 0.1) is 6.54 Å². The summed E-state index contributed by atoms with van der Waals surface area (Å²) < 4.78 is 10.9. The number of β-amino-alcohol motifs (C(OH)–C–C–N with tert-alkyl or cyclic N) is 1. The third-order valence-electron chi connectivity index (χ3n) is 3.80. The highest BCUT2D eigenvalue weighted by atomic mass is 16.5. The Hall–Kier alpha value is -2.67. The molecule has 1 amide bonds. The fourth-order valence-electron chi connectivity index (χ4n) is 2.50. The van der Waals surface area contributed by atoms with Crippen LogP contribution in [0.25, 0.3) is 0 Å². The highest BCUT2D eigenvalue weighted by molar-refractivity contribution is 5.78. The van der Waals surface area contributed by atoms with Gasteiger partial charge in [-0.05, 0) is 24.6 Å². The van der Waals surface area contributed by atoms with Crippen LogP contribution in [0.5, 0.6) is 11.8 Å². The van der Waals surface area contributed by atoms with Gasteiger partial charge in [-0.1, -0.05) is 18.2 Å². The van der Waals surface area contributed by atoms with Crippen LogP contribution in [0.15, 0.2) is 48.8 Å². The first-order valence-electron chi connectivity index (χ1n) is 7.72. The number of carbonyl (C=O) groups is 1. The zero-order valence-electron chi connectivity index (χ0n) is 13.2. The number of rotatable bonds is 6. The predicted octanol–water partition coefficient (Wildman–Crippen LogP) is 0.898. The van der Waals surface area contributed by atoms with Crippen molar-refractivity contribution < 1.29 is 19.4 Å². The molecule has 2 heterocycles. The van der Waals surface area contributed by atoms with Crippen LogP contribution in [-0.4, -0.2) is 57.8 Å². The van der Waals surface area contributed by atoms with E-state index < -0.39 is 5.60 Å². The molecule has 1 N–H and O–H groups in total. The number of hydrogen-bond acceptors (Lipinski definition) is 6. The molecule has 3 rings (SSSR count). The second-order valence-electron chi connectivity index (χ2n) is 5.71. The van der Waals surface area contributed by atoms with Crippen LogP contribution in [0.1, 0.15) is 6.42 Å². The van der Waals surface area contributed by atoms with E-state index in [1.165, 1.54) is 0 Å². The molecule has 1 aliphatic heterocycles. The molecule has 1 fully saturated rings. The number of aromatic nitrogens is 2. The monoisotopic (exact) mass is 329 g/mol. The van der Waals surface area contributed by atoms with Gasteiger partial charge in [0.15, 0.2) is 6.61 Å². The standard InChI is InChI=1S/C17H19N3O4/c21-15(11-23-16-18-8-4-9-19-16)20-10-7-17(22,12-20)13-24-14-5-2-1-3-6-14/h1-6,8-9,22H,7,10-13H2/t17-/m1/s1. The average molecular weight is 329 g/mol. The van der Waals surface area contributed by atoms with E-state index in [9.17, 15) is 9.90 Å². The van der Waals surface area contributed by atoms with Crippen LogP contribution in [-0.2, 0) is 4.79 Å². The van der Waals surface area contributed by atoms with E-state index in [2.05, 4.69) is 9.97 Å². The van der Waals surface area contributed by atoms with E-state index in [-0.39, 0.29) is 31.7 Å². The molecule has 0 aliphatic carbocycles. The summed E-state index contributed by atoms with van der Waals surface area (Å²) >= 11 is 0. The first-order chi connectivity index (χ1) is 11.6. The molecule has 1 aromatic carbocycles. The summed E-state index contributed by atoms with van der Waals surface area (Å²) in [5.41, 5.74) is -1.05. The molecule has 7 nitrogen and oxygen atoms in total. The Kier molecular flexibility index (Phi) is 4.90. The number of hydrogen-bond donors (Lipinski definition) is 1. The summed E-state index contributed by atoms with van der Waals surface area (Å²) in [4.78, 5) is 21.5. The summed E-state index contributed by atoms with van der Waals surface area (Å²) in [5.74, 6) is 0.485. The molecular weight excluding hydrogens is 310 g/mol. The smallest absolute Gasteiger partial charge is 0.316 e. The largest absolute Gasteiger partial charge is 0.491 e. The number of ether oxygens (including phenoxy) is 2. The number of para-hydroxylation sites is 1. The predicted molar refractivity (Wildman–Crippen MR) is 85.6 cm³/mol. The van der Waals surface area contributed by atoms with Crippen molar-refractivity contribution >= 4 is 5.91 Å². The van der Waals surface area contributed by atoms with Crippen molar-refractivity contribution in [2.75, 3.05) is 26.3 Å². The molecule has 0 unspecified atom stereocenters. The van der Waals surface area contributed by atoms with Crippen LogP contribution >= 0.6 is 0 Å². The van der Waals surface area contributed by atoms with E-state index in [1.807, 2.05) is 30.3 Å². The Morgan fingerprint density at radius 3 is 2.67 bits per heavy atom. The van der Waals surface area contributed by atoms with E-state index in [4.69, 9.17) is 9.47 Å². The minimum absolute atomic E-state index is 0.142. The maximum absolute atomic E-state index is 12.2. The molecule has 1 saturated heterocycles. The number of carbonyl (C=O) groups excluding carboxylic acids is 1. The first kappa shape index (κ1) is 16.2. The Bertz CT molecular complexity index is 668. The summed E-state index contributed by atoms with van der Waals surface area (Å²) in [5, 5.41) is 10.6. The minimum Gasteiger partial charge on any atom is -0.491 e. The molecule has 1 atom stereocenters. The number of aliphatic hydroxyl groups is 1. The molecule has 126 valence electrons. The Morgan fingerprint density at radius 2 is 1.92 bits per heavy atom. The van der Waals surface area contributed by atoms with Gasteiger partial charge in [-0.3, -0.25) is 4.79 Å². The highest BCUT2D eigenvalue weighted by Gasteiger charge is 2.39. The summed E-state index contributed by atoms with van der Waals surface area (Å²) in [6.45, 7) is 0.674. The van der Waals surface area contributed by atoms with Gasteiger partial charge in [-0.25, -0.2) is 9.97 Å². The molecule has 0 saturated carbocycles. The summed E-state index contributed by atoms with van der Waals surface area (Å²) in [6.07, 6.45) is 3.55. The molecule has 0 spiro atoms. The van der Waals surface area contributed by atoms with Crippen molar-refractivity contribution in [3.63, 3.8) is 0 Å². The molecule has 0 radical (unpaired) electrons. The van der Waals surface area contributed by atoms with Gasteiger partial charge in [-0.15, -0.1) is 0 Å². The lowest BCUT2D eigenvalue weighted by Crippen LogP contribution is -2.41. The van der Waals surface area contributed by atoms with Gasteiger partial charge in [0.25, 0.3) is 5.91 Å². The SMILES string of the molecule is O=C(COc1ncccn1)N1CC[C@](O)(COc2ccccc2)C1. The molecule has 1 aliphatic rings. The number of amides is 1. The zero-order valence-corrected chi connectivity index (χ0v) is 13.2. The van der Waals surface area contributed by atoms with Crippen molar-refractivity contribution in [1.82, 2.24) is 14.9 Å². The van der Waals surface area contributed by atoms with Crippen molar-refractivity contribution in [3.8, 4) is 11.8 Å². The lowest BCUT2D eigenvalue weighted by Gasteiger charge is -2.23.